The molecule has 1 amide bonds. The molecule has 8 heteroatoms. The second-order valence-corrected chi connectivity index (χ2v) is 6.00. The molecule has 122 valence electrons. The number of nitrogens with one attached hydrogen (secondary N) is 1. The largest absolute Gasteiger partial charge is 0.369 e. The molecule has 0 bridgehead atoms. The summed E-state index contributed by atoms with van der Waals surface area (Å²) >= 11 is 5.70. The summed E-state index contributed by atoms with van der Waals surface area (Å²) in [4.78, 5) is 18.1. The summed E-state index contributed by atoms with van der Waals surface area (Å²) in [6.45, 7) is 3.16. The predicted molar refractivity (Wildman–Crippen MR) is 84.9 cm³/mol. The first-order chi connectivity index (χ1) is 11.0. The maximum Gasteiger partial charge on any atom is 0.244 e. The molecule has 1 aliphatic heterocycles. The van der Waals surface area contributed by atoms with E-state index >= 15 is 0 Å². The average molecular weight is 338 g/mol. The second kappa shape index (κ2) is 6.54. The number of carbonyl (C=O) groups is 1. The lowest BCUT2D eigenvalue weighted by Crippen LogP contribution is -2.40. The van der Waals surface area contributed by atoms with Gasteiger partial charge in [0.15, 0.2) is 0 Å². The Kier molecular flexibility index (Phi) is 4.47. The fourth-order valence-corrected chi connectivity index (χ4v) is 2.77. The topological polar surface area (TPSA) is 63.1 Å². The Morgan fingerprint density at radius 3 is 3.04 bits per heavy atom. The van der Waals surface area contributed by atoms with Crippen LogP contribution in [0.2, 0.25) is 5.02 Å². The van der Waals surface area contributed by atoms with Crippen LogP contribution < -0.4 is 10.2 Å². The fourth-order valence-electron chi connectivity index (χ4n) is 2.65. The molecule has 1 saturated heterocycles. The normalized spacial score (nSPS) is 18.9. The zero-order valence-electron chi connectivity index (χ0n) is 12.6. The highest BCUT2D eigenvalue weighted by Gasteiger charge is 2.26. The standard InChI is InChI=1S/C15H17ClFN5O/c1-10(22-9-18-8-19-22)15(23)20-11-4-5-21(7-11)12-2-3-13(16)14(17)6-12/h2-3,6,8-11H,4-5,7H2,1H3,(H,20,23)/t10-,11+/m1/s1. The molecule has 2 heterocycles. The summed E-state index contributed by atoms with van der Waals surface area (Å²) in [5.41, 5.74) is 0.771. The third-order valence-electron chi connectivity index (χ3n) is 4.02. The van der Waals surface area contributed by atoms with E-state index in [1.54, 1.807) is 19.1 Å². The number of aromatic nitrogens is 3. The molecule has 0 aliphatic carbocycles. The van der Waals surface area contributed by atoms with E-state index < -0.39 is 11.9 Å². The lowest BCUT2D eigenvalue weighted by atomic mass is 10.2. The number of halogens is 2. The first kappa shape index (κ1) is 15.7. The predicted octanol–water partition coefficient (Wildman–Crippen LogP) is 2.03. The highest BCUT2D eigenvalue weighted by atomic mass is 35.5. The summed E-state index contributed by atoms with van der Waals surface area (Å²) in [6.07, 6.45) is 3.72. The van der Waals surface area contributed by atoms with Crippen molar-refractivity contribution in [2.45, 2.75) is 25.4 Å². The molecule has 0 saturated carbocycles. The maximum atomic E-state index is 13.6. The molecule has 1 aliphatic rings. The Labute approximate surface area is 138 Å². The molecule has 2 aromatic rings. The Hall–Kier alpha value is -2.15. The van der Waals surface area contributed by atoms with Crippen molar-refractivity contribution in [2.75, 3.05) is 18.0 Å². The van der Waals surface area contributed by atoms with E-state index in [2.05, 4.69) is 15.4 Å². The number of amides is 1. The summed E-state index contributed by atoms with van der Waals surface area (Å²) in [5, 5.41) is 7.09. The fraction of sp³-hybridized carbons (Fsp3) is 0.400. The van der Waals surface area contributed by atoms with Crippen LogP contribution >= 0.6 is 11.6 Å². The third-order valence-corrected chi connectivity index (χ3v) is 4.32. The zero-order chi connectivity index (χ0) is 16.4. The number of hydrogen-bond donors (Lipinski definition) is 1. The third kappa shape index (κ3) is 3.44. The van der Waals surface area contributed by atoms with Gasteiger partial charge < -0.3 is 10.2 Å². The van der Waals surface area contributed by atoms with Gasteiger partial charge in [0, 0.05) is 24.8 Å². The summed E-state index contributed by atoms with van der Waals surface area (Å²) in [5.74, 6) is -0.541. The molecule has 1 aromatic heterocycles. The van der Waals surface area contributed by atoms with Crippen LogP contribution in [0.25, 0.3) is 0 Å². The van der Waals surface area contributed by atoms with Crippen molar-refractivity contribution in [1.29, 1.82) is 0 Å². The van der Waals surface area contributed by atoms with Crippen LogP contribution in [0.4, 0.5) is 10.1 Å². The SMILES string of the molecule is C[C@H](C(=O)N[C@H]1CCN(c2ccc(Cl)c(F)c2)C1)n1cncn1. The van der Waals surface area contributed by atoms with Crippen molar-refractivity contribution in [2.24, 2.45) is 0 Å². The molecule has 1 N–H and O–H groups in total. The van der Waals surface area contributed by atoms with E-state index in [4.69, 9.17) is 11.6 Å². The molecular weight excluding hydrogens is 321 g/mol. The summed E-state index contributed by atoms with van der Waals surface area (Å²) in [6, 6.07) is 4.36. The van der Waals surface area contributed by atoms with Crippen molar-refractivity contribution in [3.63, 3.8) is 0 Å². The van der Waals surface area contributed by atoms with Crippen LogP contribution in [0.15, 0.2) is 30.9 Å². The summed E-state index contributed by atoms with van der Waals surface area (Å²) < 4.78 is 15.1. The van der Waals surface area contributed by atoms with Crippen molar-refractivity contribution in [3.05, 3.63) is 41.7 Å². The van der Waals surface area contributed by atoms with Gasteiger partial charge in [0.05, 0.1) is 5.02 Å². The van der Waals surface area contributed by atoms with Crippen LogP contribution in [-0.4, -0.2) is 39.8 Å². The molecule has 1 fully saturated rings. The molecule has 3 rings (SSSR count). The van der Waals surface area contributed by atoms with Crippen molar-refractivity contribution in [1.82, 2.24) is 20.1 Å². The van der Waals surface area contributed by atoms with Crippen LogP contribution in [-0.2, 0) is 4.79 Å². The highest BCUT2D eigenvalue weighted by Crippen LogP contribution is 2.25. The second-order valence-electron chi connectivity index (χ2n) is 5.59. The van der Waals surface area contributed by atoms with Gasteiger partial charge in [-0.3, -0.25) is 4.79 Å². The molecule has 23 heavy (non-hydrogen) atoms. The number of hydrogen-bond acceptors (Lipinski definition) is 4. The minimum absolute atomic E-state index is 0.0206. The molecular formula is C15H17ClFN5O. The van der Waals surface area contributed by atoms with Gasteiger partial charge in [0.25, 0.3) is 0 Å². The number of anilines is 1. The van der Waals surface area contributed by atoms with Gasteiger partial charge in [-0.25, -0.2) is 14.1 Å². The first-order valence-electron chi connectivity index (χ1n) is 7.39. The van der Waals surface area contributed by atoms with E-state index in [9.17, 15) is 9.18 Å². The van der Waals surface area contributed by atoms with Gasteiger partial charge in [0.2, 0.25) is 5.91 Å². The highest BCUT2D eigenvalue weighted by molar-refractivity contribution is 6.30. The van der Waals surface area contributed by atoms with Crippen LogP contribution in [0.5, 0.6) is 0 Å². The van der Waals surface area contributed by atoms with Crippen LogP contribution in [0.3, 0.4) is 0 Å². The Morgan fingerprint density at radius 2 is 2.35 bits per heavy atom. The lowest BCUT2D eigenvalue weighted by molar-refractivity contribution is -0.124. The minimum Gasteiger partial charge on any atom is -0.369 e. The first-order valence-corrected chi connectivity index (χ1v) is 7.77. The van der Waals surface area contributed by atoms with E-state index in [1.165, 1.54) is 23.4 Å². The monoisotopic (exact) mass is 337 g/mol. The number of rotatable bonds is 4. The van der Waals surface area contributed by atoms with Gasteiger partial charge in [-0.05, 0) is 31.5 Å². The number of nitrogens with zero attached hydrogens (tertiary/aromatic N) is 4. The Morgan fingerprint density at radius 1 is 1.52 bits per heavy atom. The van der Waals surface area contributed by atoms with Crippen molar-refractivity contribution in [3.8, 4) is 0 Å². The van der Waals surface area contributed by atoms with E-state index in [-0.39, 0.29) is 17.0 Å². The summed E-state index contributed by atoms with van der Waals surface area (Å²) in [7, 11) is 0. The molecule has 6 nitrogen and oxygen atoms in total. The maximum absolute atomic E-state index is 13.6. The van der Waals surface area contributed by atoms with Crippen molar-refractivity contribution >= 4 is 23.2 Å². The molecule has 0 unspecified atom stereocenters. The molecule has 0 spiro atoms. The van der Waals surface area contributed by atoms with E-state index in [0.29, 0.717) is 6.54 Å². The van der Waals surface area contributed by atoms with Gasteiger partial charge in [-0.1, -0.05) is 11.6 Å². The molecule has 0 radical (unpaired) electrons. The van der Waals surface area contributed by atoms with Gasteiger partial charge in [0.1, 0.15) is 24.5 Å². The zero-order valence-corrected chi connectivity index (χ0v) is 13.4. The number of benzene rings is 1. The Balaban J connectivity index is 1.59. The lowest BCUT2D eigenvalue weighted by Gasteiger charge is -2.20. The van der Waals surface area contributed by atoms with Gasteiger partial charge in [-0.15, -0.1) is 0 Å². The van der Waals surface area contributed by atoms with E-state index in [1.807, 2.05) is 4.90 Å². The van der Waals surface area contributed by atoms with Gasteiger partial charge in [-0.2, -0.15) is 5.10 Å². The van der Waals surface area contributed by atoms with Crippen LogP contribution in [0.1, 0.15) is 19.4 Å². The van der Waals surface area contributed by atoms with Crippen LogP contribution in [0, 0.1) is 5.82 Å². The number of carbonyl (C=O) groups excluding carboxylic acids is 1. The minimum atomic E-state index is -0.434. The Bertz CT molecular complexity index is 693. The average Bonchev–Trinajstić information content (AvgIpc) is 3.20. The molecule has 2 atom stereocenters. The smallest absolute Gasteiger partial charge is 0.244 e. The molecule has 1 aromatic carbocycles. The van der Waals surface area contributed by atoms with Crippen molar-refractivity contribution < 1.29 is 9.18 Å². The van der Waals surface area contributed by atoms with Gasteiger partial charge >= 0.3 is 0 Å². The van der Waals surface area contributed by atoms with E-state index in [0.717, 1.165) is 18.7 Å². The quantitative estimate of drug-likeness (QED) is 0.927.